The second-order valence-electron chi connectivity index (χ2n) is 5.25. The SMILES string of the molecule is Cc1ccc2cc(C(O)Cc3cccc(F)c3)ccc2n1. The van der Waals surface area contributed by atoms with Crippen molar-refractivity contribution < 1.29 is 9.50 Å². The highest BCUT2D eigenvalue weighted by atomic mass is 19.1. The van der Waals surface area contributed by atoms with E-state index in [0.717, 1.165) is 27.7 Å². The number of pyridine rings is 1. The first-order valence-electron chi connectivity index (χ1n) is 6.91. The molecule has 1 aromatic heterocycles. The summed E-state index contributed by atoms with van der Waals surface area (Å²) < 4.78 is 13.2. The van der Waals surface area contributed by atoms with Crippen molar-refractivity contribution >= 4 is 10.9 Å². The van der Waals surface area contributed by atoms with Gasteiger partial charge in [0.15, 0.2) is 0 Å². The summed E-state index contributed by atoms with van der Waals surface area (Å²) in [5, 5.41) is 11.3. The lowest BCUT2D eigenvalue weighted by Gasteiger charge is -2.12. The van der Waals surface area contributed by atoms with Gasteiger partial charge in [-0.3, -0.25) is 4.98 Å². The number of rotatable bonds is 3. The van der Waals surface area contributed by atoms with Crippen LogP contribution in [-0.2, 0) is 6.42 Å². The first-order chi connectivity index (χ1) is 10.1. The smallest absolute Gasteiger partial charge is 0.123 e. The molecule has 1 unspecified atom stereocenters. The summed E-state index contributed by atoms with van der Waals surface area (Å²) in [5.74, 6) is -0.280. The molecule has 1 heterocycles. The van der Waals surface area contributed by atoms with Gasteiger partial charge in [-0.2, -0.15) is 0 Å². The van der Waals surface area contributed by atoms with Crippen LogP contribution in [0.1, 0.15) is 22.9 Å². The molecule has 1 atom stereocenters. The predicted octanol–water partition coefficient (Wildman–Crippen LogP) is 3.96. The van der Waals surface area contributed by atoms with Crippen LogP contribution in [0.15, 0.2) is 54.6 Å². The number of aryl methyl sites for hydroxylation is 1. The van der Waals surface area contributed by atoms with Gasteiger partial charge in [0, 0.05) is 17.5 Å². The summed E-state index contributed by atoms with van der Waals surface area (Å²) in [6.07, 6.45) is -0.264. The zero-order valence-corrected chi connectivity index (χ0v) is 11.8. The van der Waals surface area contributed by atoms with Crippen molar-refractivity contribution in [1.82, 2.24) is 4.98 Å². The van der Waals surface area contributed by atoms with Crippen LogP contribution in [-0.4, -0.2) is 10.1 Å². The number of nitrogens with zero attached hydrogens (tertiary/aromatic N) is 1. The average molecular weight is 281 g/mol. The minimum atomic E-state index is -0.655. The topological polar surface area (TPSA) is 33.1 Å². The lowest BCUT2D eigenvalue weighted by Crippen LogP contribution is -2.02. The molecule has 0 amide bonds. The lowest BCUT2D eigenvalue weighted by molar-refractivity contribution is 0.178. The minimum absolute atomic E-state index is 0.280. The molecule has 3 aromatic rings. The van der Waals surface area contributed by atoms with Crippen LogP contribution < -0.4 is 0 Å². The Morgan fingerprint density at radius 3 is 2.76 bits per heavy atom. The maximum Gasteiger partial charge on any atom is 0.123 e. The molecular formula is C18H16FNO. The van der Waals surface area contributed by atoms with E-state index < -0.39 is 6.10 Å². The Morgan fingerprint density at radius 2 is 1.95 bits per heavy atom. The maximum absolute atomic E-state index is 13.2. The molecule has 2 aromatic carbocycles. The number of aliphatic hydroxyl groups is 1. The van der Waals surface area contributed by atoms with Crippen LogP contribution in [0.3, 0.4) is 0 Å². The molecule has 1 N–H and O–H groups in total. The number of aliphatic hydroxyl groups excluding tert-OH is 1. The molecule has 0 saturated carbocycles. The first kappa shape index (κ1) is 13.7. The van der Waals surface area contributed by atoms with Gasteiger partial charge in [0.1, 0.15) is 5.82 Å². The fourth-order valence-electron chi connectivity index (χ4n) is 2.46. The Labute approximate surface area is 122 Å². The first-order valence-corrected chi connectivity index (χ1v) is 6.91. The quantitative estimate of drug-likeness (QED) is 0.788. The predicted molar refractivity (Wildman–Crippen MR) is 81.5 cm³/mol. The highest BCUT2D eigenvalue weighted by Crippen LogP contribution is 2.23. The van der Waals surface area contributed by atoms with Gasteiger partial charge in [0.2, 0.25) is 0 Å². The minimum Gasteiger partial charge on any atom is -0.388 e. The van der Waals surface area contributed by atoms with E-state index in [9.17, 15) is 9.50 Å². The summed E-state index contributed by atoms with van der Waals surface area (Å²) in [4.78, 5) is 4.44. The van der Waals surface area contributed by atoms with Gasteiger partial charge in [0.05, 0.1) is 11.6 Å². The fraction of sp³-hybridized carbons (Fsp3) is 0.167. The van der Waals surface area contributed by atoms with E-state index in [0.29, 0.717) is 6.42 Å². The zero-order chi connectivity index (χ0) is 14.8. The molecule has 3 rings (SSSR count). The number of hydrogen-bond acceptors (Lipinski definition) is 2. The van der Waals surface area contributed by atoms with Crippen molar-refractivity contribution in [2.75, 3.05) is 0 Å². The molecule has 2 nitrogen and oxygen atoms in total. The normalized spacial score (nSPS) is 12.5. The van der Waals surface area contributed by atoms with Crippen molar-refractivity contribution in [3.05, 3.63) is 77.2 Å². The van der Waals surface area contributed by atoms with Crippen LogP contribution >= 0.6 is 0 Å². The molecule has 0 aliphatic carbocycles. The molecule has 0 fully saturated rings. The zero-order valence-electron chi connectivity index (χ0n) is 11.8. The Balaban J connectivity index is 1.87. The summed E-state index contributed by atoms with van der Waals surface area (Å²) in [5.41, 5.74) is 3.48. The van der Waals surface area contributed by atoms with Crippen LogP contribution in [0.2, 0.25) is 0 Å². The van der Waals surface area contributed by atoms with Crippen molar-refractivity contribution in [3.8, 4) is 0 Å². The van der Waals surface area contributed by atoms with Gasteiger partial charge in [-0.05, 0) is 48.4 Å². The van der Waals surface area contributed by atoms with Crippen LogP contribution in [0.4, 0.5) is 4.39 Å². The van der Waals surface area contributed by atoms with Crippen molar-refractivity contribution in [1.29, 1.82) is 0 Å². The van der Waals surface area contributed by atoms with E-state index in [2.05, 4.69) is 4.98 Å². The molecule has 0 radical (unpaired) electrons. The van der Waals surface area contributed by atoms with E-state index in [1.807, 2.05) is 43.3 Å². The average Bonchev–Trinajstić information content (AvgIpc) is 2.46. The van der Waals surface area contributed by atoms with Gasteiger partial charge in [0.25, 0.3) is 0 Å². The monoisotopic (exact) mass is 281 g/mol. The molecule has 0 aliphatic rings. The third-order valence-corrected chi connectivity index (χ3v) is 3.56. The maximum atomic E-state index is 13.2. The van der Waals surface area contributed by atoms with Crippen molar-refractivity contribution in [2.45, 2.75) is 19.4 Å². The van der Waals surface area contributed by atoms with E-state index in [4.69, 9.17) is 0 Å². The highest BCUT2D eigenvalue weighted by Gasteiger charge is 2.10. The number of hydrogen-bond donors (Lipinski definition) is 1. The molecule has 0 spiro atoms. The Kier molecular flexibility index (Phi) is 3.67. The number of aromatic nitrogens is 1. The van der Waals surface area contributed by atoms with Gasteiger partial charge in [-0.25, -0.2) is 4.39 Å². The fourth-order valence-corrected chi connectivity index (χ4v) is 2.46. The molecule has 106 valence electrons. The van der Waals surface area contributed by atoms with Crippen LogP contribution in [0.25, 0.3) is 10.9 Å². The van der Waals surface area contributed by atoms with Gasteiger partial charge in [-0.1, -0.05) is 24.3 Å². The Bertz CT molecular complexity index is 785. The Morgan fingerprint density at radius 1 is 1.10 bits per heavy atom. The molecule has 0 saturated heterocycles. The van der Waals surface area contributed by atoms with Crippen LogP contribution in [0, 0.1) is 12.7 Å². The van der Waals surface area contributed by atoms with E-state index >= 15 is 0 Å². The van der Waals surface area contributed by atoms with Gasteiger partial charge in [-0.15, -0.1) is 0 Å². The van der Waals surface area contributed by atoms with E-state index in [1.165, 1.54) is 12.1 Å². The molecule has 0 bridgehead atoms. The number of benzene rings is 2. The van der Waals surface area contributed by atoms with E-state index in [-0.39, 0.29) is 5.82 Å². The highest BCUT2D eigenvalue weighted by molar-refractivity contribution is 5.79. The second kappa shape index (κ2) is 5.62. The third kappa shape index (κ3) is 3.09. The summed E-state index contributed by atoms with van der Waals surface area (Å²) >= 11 is 0. The number of halogens is 1. The molecule has 0 aliphatic heterocycles. The number of fused-ring (bicyclic) bond motifs is 1. The van der Waals surface area contributed by atoms with Gasteiger partial charge < -0.3 is 5.11 Å². The summed E-state index contributed by atoms with van der Waals surface area (Å²) in [6, 6.07) is 16.0. The molecule has 3 heteroatoms. The lowest BCUT2D eigenvalue weighted by atomic mass is 10.00. The third-order valence-electron chi connectivity index (χ3n) is 3.56. The van der Waals surface area contributed by atoms with Crippen molar-refractivity contribution in [3.63, 3.8) is 0 Å². The largest absolute Gasteiger partial charge is 0.388 e. The van der Waals surface area contributed by atoms with Gasteiger partial charge >= 0.3 is 0 Å². The Hall–Kier alpha value is -2.26. The van der Waals surface area contributed by atoms with E-state index in [1.54, 1.807) is 6.07 Å². The standard InChI is InChI=1S/C18H16FNO/c1-12-5-6-14-11-15(7-8-17(14)20-12)18(21)10-13-3-2-4-16(19)9-13/h2-9,11,18,21H,10H2,1H3. The van der Waals surface area contributed by atoms with Crippen LogP contribution in [0.5, 0.6) is 0 Å². The summed E-state index contributed by atoms with van der Waals surface area (Å²) in [7, 11) is 0. The summed E-state index contributed by atoms with van der Waals surface area (Å²) in [6.45, 7) is 1.95. The molecular weight excluding hydrogens is 265 g/mol. The molecule has 21 heavy (non-hydrogen) atoms. The second-order valence-corrected chi connectivity index (χ2v) is 5.25. The van der Waals surface area contributed by atoms with Crippen molar-refractivity contribution in [2.24, 2.45) is 0 Å².